The fraction of sp³-hybridized carbons (Fsp3) is 0.778. The summed E-state index contributed by atoms with van der Waals surface area (Å²) < 4.78 is 0. The number of rotatable bonds is 2. The average Bonchev–Trinajstić information content (AvgIpc) is 1.92. The highest BCUT2D eigenvalue weighted by Gasteiger charge is 2.36. The van der Waals surface area contributed by atoms with Crippen LogP contribution >= 0.6 is 0 Å². The Morgan fingerprint density at radius 3 is 2.21 bits per heavy atom. The maximum atomic E-state index is 11.4. The van der Waals surface area contributed by atoms with Crippen LogP contribution in [0.15, 0.2) is 0 Å². The molecule has 1 rings (SSSR count). The minimum absolute atomic E-state index is 0.178. The van der Waals surface area contributed by atoms with Gasteiger partial charge in [-0.1, -0.05) is 0 Å². The van der Waals surface area contributed by atoms with Gasteiger partial charge < -0.3 is 10.6 Å². The molecule has 0 aromatic carbocycles. The fourth-order valence-corrected chi connectivity index (χ4v) is 0.947. The zero-order valence-electron chi connectivity index (χ0n) is 8.74. The zero-order chi connectivity index (χ0) is 10.9. The number of hydroxylamine groups is 2. The summed E-state index contributed by atoms with van der Waals surface area (Å²) in [7, 11) is 0. The van der Waals surface area contributed by atoms with Crippen molar-refractivity contribution in [1.82, 2.24) is 5.06 Å². The highest BCUT2D eigenvalue weighted by Crippen LogP contribution is 2.20. The Morgan fingerprint density at radius 1 is 1.36 bits per heavy atom. The van der Waals surface area contributed by atoms with Crippen molar-refractivity contribution in [3.05, 3.63) is 0 Å². The predicted octanol–water partition coefficient (Wildman–Crippen LogP) is -0.0922. The molecule has 1 fully saturated rings. The summed E-state index contributed by atoms with van der Waals surface area (Å²) in [6, 6.07) is 0. The summed E-state index contributed by atoms with van der Waals surface area (Å²) in [6.07, 6.45) is 0. The topological polar surface area (TPSA) is 72.6 Å². The normalized spacial score (nSPS) is 18.8. The molecule has 5 heteroatoms. The van der Waals surface area contributed by atoms with Crippen molar-refractivity contribution in [3.63, 3.8) is 0 Å². The van der Waals surface area contributed by atoms with Gasteiger partial charge >= 0.3 is 5.97 Å². The standard InChI is InChI=1S/C9H16N2O3/c1-9(2,3)8(13)14-11-4-6(5-11)7(10)12/h6H,4-5H2,1-3H3,(H2,10,12). The minimum Gasteiger partial charge on any atom is -0.369 e. The van der Waals surface area contributed by atoms with Gasteiger partial charge in [0.25, 0.3) is 0 Å². The Balaban J connectivity index is 2.30. The molecule has 0 spiro atoms. The lowest BCUT2D eigenvalue weighted by atomic mass is 9.97. The van der Waals surface area contributed by atoms with E-state index in [-0.39, 0.29) is 17.8 Å². The van der Waals surface area contributed by atoms with E-state index < -0.39 is 5.41 Å². The van der Waals surface area contributed by atoms with E-state index in [0.29, 0.717) is 13.1 Å². The number of hydrogen-bond donors (Lipinski definition) is 1. The molecule has 1 saturated heterocycles. The maximum absolute atomic E-state index is 11.4. The lowest BCUT2D eigenvalue weighted by Gasteiger charge is -2.36. The minimum atomic E-state index is -0.516. The van der Waals surface area contributed by atoms with E-state index in [9.17, 15) is 9.59 Å². The first-order valence-corrected chi connectivity index (χ1v) is 4.57. The van der Waals surface area contributed by atoms with Crippen molar-refractivity contribution < 1.29 is 14.4 Å². The van der Waals surface area contributed by atoms with Crippen LogP contribution < -0.4 is 5.73 Å². The number of primary amides is 1. The molecule has 1 aliphatic rings. The molecule has 0 radical (unpaired) electrons. The van der Waals surface area contributed by atoms with Crippen molar-refractivity contribution >= 4 is 11.9 Å². The monoisotopic (exact) mass is 200 g/mol. The molecule has 1 heterocycles. The second-order valence-corrected chi connectivity index (χ2v) is 4.57. The third-order valence-electron chi connectivity index (χ3n) is 2.07. The van der Waals surface area contributed by atoms with Crippen LogP contribution in [0.1, 0.15) is 20.8 Å². The molecule has 14 heavy (non-hydrogen) atoms. The first-order valence-electron chi connectivity index (χ1n) is 4.57. The van der Waals surface area contributed by atoms with E-state index in [1.807, 2.05) is 0 Å². The number of amides is 1. The Morgan fingerprint density at radius 2 is 1.86 bits per heavy atom. The molecule has 80 valence electrons. The molecule has 2 N–H and O–H groups in total. The smallest absolute Gasteiger partial charge is 0.330 e. The van der Waals surface area contributed by atoms with Gasteiger partial charge in [0, 0.05) is 13.1 Å². The van der Waals surface area contributed by atoms with E-state index in [1.165, 1.54) is 5.06 Å². The average molecular weight is 200 g/mol. The van der Waals surface area contributed by atoms with E-state index in [4.69, 9.17) is 10.6 Å². The van der Waals surface area contributed by atoms with Crippen LogP contribution in [-0.2, 0) is 14.4 Å². The summed E-state index contributed by atoms with van der Waals surface area (Å²) in [5.41, 5.74) is 4.55. The number of carbonyl (C=O) groups excluding carboxylic acids is 2. The van der Waals surface area contributed by atoms with Gasteiger partial charge in [0.1, 0.15) is 0 Å². The Labute approximate surface area is 83.1 Å². The molecule has 0 bridgehead atoms. The van der Waals surface area contributed by atoms with Crippen LogP contribution in [0.5, 0.6) is 0 Å². The summed E-state index contributed by atoms with van der Waals surface area (Å²) in [4.78, 5) is 27.0. The van der Waals surface area contributed by atoms with Crippen LogP contribution in [0.2, 0.25) is 0 Å². The van der Waals surface area contributed by atoms with Crippen molar-refractivity contribution in [1.29, 1.82) is 0 Å². The second kappa shape index (κ2) is 3.57. The Bertz CT molecular complexity index is 251. The SMILES string of the molecule is CC(C)(C)C(=O)ON1CC(C(N)=O)C1. The first kappa shape index (κ1) is 11.0. The largest absolute Gasteiger partial charge is 0.369 e. The van der Waals surface area contributed by atoms with Gasteiger partial charge in [0.15, 0.2) is 0 Å². The van der Waals surface area contributed by atoms with Crippen molar-refractivity contribution in [3.8, 4) is 0 Å². The zero-order valence-corrected chi connectivity index (χ0v) is 8.74. The van der Waals surface area contributed by atoms with E-state index in [0.717, 1.165) is 0 Å². The van der Waals surface area contributed by atoms with Crippen LogP contribution in [0.4, 0.5) is 0 Å². The maximum Gasteiger partial charge on any atom is 0.330 e. The van der Waals surface area contributed by atoms with Crippen molar-refractivity contribution in [2.45, 2.75) is 20.8 Å². The van der Waals surface area contributed by atoms with Crippen LogP contribution in [0, 0.1) is 11.3 Å². The summed E-state index contributed by atoms with van der Waals surface area (Å²) in [5.74, 6) is -0.809. The van der Waals surface area contributed by atoms with Gasteiger partial charge in [-0.2, -0.15) is 0 Å². The molecule has 1 amide bonds. The Hall–Kier alpha value is -1.10. The molecule has 0 atom stereocenters. The first-order chi connectivity index (χ1) is 6.30. The van der Waals surface area contributed by atoms with E-state index >= 15 is 0 Å². The van der Waals surface area contributed by atoms with Crippen molar-refractivity contribution in [2.75, 3.05) is 13.1 Å². The van der Waals surface area contributed by atoms with Crippen molar-refractivity contribution in [2.24, 2.45) is 17.1 Å². The molecule has 5 nitrogen and oxygen atoms in total. The summed E-state index contributed by atoms with van der Waals surface area (Å²) in [6.45, 7) is 6.16. The third kappa shape index (κ3) is 2.45. The molecule has 0 aliphatic carbocycles. The van der Waals surface area contributed by atoms with E-state index in [1.54, 1.807) is 20.8 Å². The molecule has 0 saturated carbocycles. The van der Waals surface area contributed by atoms with Gasteiger partial charge in [-0.05, 0) is 20.8 Å². The van der Waals surface area contributed by atoms with E-state index in [2.05, 4.69) is 0 Å². The van der Waals surface area contributed by atoms with Gasteiger partial charge in [-0.25, -0.2) is 4.79 Å². The number of nitrogens with two attached hydrogens (primary N) is 1. The van der Waals surface area contributed by atoms with Gasteiger partial charge in [-0.3, -0.25) is 4.79 Å². The third-order valence-corrected chi connectivity index (χ3v) is 2.07. The molecule has 0 aromatic heterocycles. The number of nitrogens with zero attached hydrogens (tertiary/aromatic N) is 1. The number of carbonyl (C=O) groups is 2. The lowest BCUT2D eigenvalue weighted by molar-refractivity contribution is -0.227. The fourth-order valence-electron chi connectivity index (χ4n) is 0.947. The van der Waals surface area contributed by atoms with Gasteiger partial charge in [0.05, 0.1) is 11.3 Å². The summed E-state index contributed by atoms with van der Waals surface area (Å²) in [5, 5.41) is 1.46. The quantitative estimate of drug-likeness (QED) is 0.676. The van der Waals surface area contributed by atoms with Gasteiger partial charge in [0.2, 0.25) is 5.91 Å². The van der Waals surface area contributed by atoms with Crippen LogP contribution in [-0.4, -0.2) is 30.0 Å². The van der Waals surface area contributed by atoms with Crippen LogP contribution in [0.25, 0.3) is 0 Å². The highest BCUT2D eigenvalue weighted by atomic mass is 16.7. The summed E-state index contributed by atoms with van der Waals surface area (Å²) >= 11 is 0. The number of hydrogen-bond acceptors (Lipinski definition) is 4. The molecular weight excluding hydrogens is 184 g/mol. The molecule has 0 aromatic rings. The predicted molar refractivity (Wildman–Crippen MR) is 49.8 cm³/mol. The van der Waals surface area contributed by atoms with Crippen LogP contribution in [0.3, 0.4) is 0 Å². The molecule has 0 unspecified atom stereocenters. The highest BCUT2D eigenvalue weighted by molar-refractivity contribution is 5.78. The Kier molecular flexibility index (Phi) is 2.80. The van der Waals surface area contributed by atoms with Gasteiger partial charge in [-0.15, -0.1) is 5.06 Å². The molecule has 1 aliphatic heterocycles. The lowest BCUT2D eigenvalue weighted by Crippen LogP contribution is -2.53. The second-order valence-electron chi connectivity index (χ2n) is 4.57. The molecular formula is C9H16N2O3.